The van der Waals surface area contributed by atoms with Gasteiger partial charge in [-0.05, 0) is 104 Å². The molecule has 0 aromatic rings. The first-order valence-corrected chi connectivity index (χ1v) is 13.0. The van der Waals surface area contributed by atoms with Crippen molar-refractivity contribution in [1.82, 2.24) is 0 Å². The van der Waals surface area contributed by atoms with Crippen molar-refractivity contribution in [3.63, 3.8) is 0 Å². The van der Waals surface area contributed by atoms with Crippen LogP contribution in [0.5, 0.6) is 0 Å². The van der Waals surface area contributed by atoms with Gasteiger partial charge in [0, 0.05) is 12.8 Å². The quantitative estimate of drug-likeness (QED) is 0.609. The molecule has 3 heteroatoms. The second-order valence-corrected chi connectivity index (χ2v) is 12.6. The molecule has 0 radical (unpaired) electrons. The summed E-state index contributed by atoms with van der Waals surface area (Å²) >= 11 is 0. The molecule has 4 aliphatic rings. The SMILES string of the molecule is CC(C)[C@H](O)CC[C@@H](C)C1CCC2C3C(CC[C@@]21C)[C@@]1(C)CCC(=O)C[C@@H]1C[C@H]3O. The molecule has 2 N–H and O–H groups in total. The van der Waals surface area contributed by atoms with Gasteiger partial charge in [-0.25, -0.2) is 0 Å². The van der Waals surface area contributed by atoms with Crippen LogP contribution < -0.4 is 0 Å². The van der Waals surface area contributed by atoms with E-state index < -0.39 is 0 Å². The topological polar surface area (TPSA) is 57.5 Å². The van der Waals surface area contributed by atoms with Gasteiger partial charge in [-0.2, -0.15) is 0 Å². The van der Waals surface area contributed by atoms with Crippen molar-refractivity contribution in [2.75, 3.05) is 0 Å². The Morgan fingerprint density at radius 1 is 1.00 bits per heavy atom. The van der Waals surface area contributed by atoms with E-state index in [9.17, 15) is 15.0 Å². The molecule has 10 atom stereocenters. The third-order valence-corrected chi connectivity index (χ3v) is 10.9. The van der Waals surface area contributed by atoms with Crippen molar-refractivity contribution in [2.45, 2.75) is 111 Å². The van der Waals surface area contributed by atoms with Crippen LogP contribution in [0.25, 0.3) is 0 Å². The lowest BCUT2D eigenvalue weighted by atomic mass is 9.44. The van der Waals surface area contributed by atoms with Gasteiger partial charge in [0.25, 0.3) is 0 Å². The summed E-state index contributed by atoms with van der Waals surface area (Å²) in [6.07, 6.45) is 10.0. The number of rotatable bonds is 5. The molecule has 4 saturated carbocycles. The van der Waals surface area contributed by atoms with Crippen molar-refractivity contribution >= 4 is 5.78 Å². The van der Waals surface area contributed by atoms with Crippen LogP contribution >= 0.6 is 0 Å². The summed E-state index contributed by atoms with van der Waals surface area (Å²) in [5, 5.41) is 21.6. The molecule has 0 heterocycles. The van der Waals surface area contributed by atoms with Crippen LogP contribution in [0.1, 0.15) is 98.8 Å². The summed E-state index contributed by atoms with van der Waals surface area (Å²) in [5.74, 6) is 4.16. The van der Waals surface area contributed by atoms with E-state index in [1.807, 2.05) is 0 Å². The molecule has 0 aromatic carbocycles. The Morgan fingerprint density at radius 2 is 1.70 bits per heavy atom. The normalized spacial score (nSPS) is 48.1. The van der Waals surface area contributed by atoms with Crippen LogP contribution in [0.4, 0.5) is 0 Å². The first-order valence-electron chi connectivity index (χ1n) is 13.0. The Kier molecular flexibility index (Phi) is 6.21. The predicted octanol–water partition coefficient (Wildman–Crippen LogP) is 5.62. The van der Waals surface area contributed by atoms with Crippen LogP contribution in [-0.2, 0) is 4.79 Å². The van der Waals surface area contributed by atoms with Crippen LogP contribution in [0, 0.1) is 52.3 Å². The zero-order valence-corrected chi connectivity index (χ0v) is 20.1. The minimum Gasteiger partial charge on any atom is -0.393 e. The average molecular weight is 419 g/mol. The predicted molar refractivity (Wildman–Crippen MR) is 121 cm³/mol. The maximum Gasteiger partial charge on any atom is 0.133 e. The van der Waals surface area contributed by atoms with Gasteiger partial charge in [-0.15, -0.1) is 0 Å². The van der Waals surface area contributed by atoms with Crippen molar-refractivity contribution in [3.8, 4) is 0 Å². The molecule has 0 bridgehead atoms. The third kappa shape index (κ3) is 3.60. The fraction of sp³-hybridized carbons (Fsp3) is 0.963. The molecule has 4 aliphatic carbocycles. The summed E-state index contributed by atoms with van der Waals surface area (Å²) in [6, 6.07) is 0. The standard InChI is InChI=1S/C27H46O3/c1-16(2)23(29)9-6-17(3)20-7-8-21-25-22(11-13-27(20,21)5)26(4)12-10-19(28)14-18(26)15-24(25)30/h16-18,20-25,29-30H,6-15H2,1-5H3/t17-,18-,20?,21?,22?,23-,24-,25?,26+,27-/m1/s1. The molecule has 0 amide bonds. The third-order valence-electron chi connectivity index (χ3n) is 10.9. The number of aliphatic hydroxyl groups is 2. The van der Waals surface area contributed by atoms with Crippen molar-refractivity contribution in [1.29, 1.82) is 0 Å². The minimum atomic E-state index is -0.222. The van der Waals surface area contributed by atoms with Gasteiger partial charge in [0.2, 0.25) is 0 Å². The zero-order valence-electron chi connectivity index (χ0n) is 20.1. The maximum atomic E-state index is 12.1. The molecule has 0 aromatic heterocycles. The lowest BCUT2D eigenvalue weighted by Gasteiger charge is -2.62. The smallest absolute Gasteiger partial charge is 0.133 e. The van der Waals surface area contributed by atoms with Gasteiger partial charge in [-0.3, -0.25) is 4.79 Å². The van der Waals surface area contributed by atoms with Crippen LogP contribution in [0.2, 0.25) is 0 Å². The number of ketones is 1. The average Bonchev–Trinajstić information content (AvgIpc) is 3.04. The van der Waals surface area contributed by atoms with Gasteiger partial charge in [0.05, 0.1) is 12.2 Å². The van der Waals surface area contributed by atoms with Crippen molar-refractivity contribution in [2.24, 2.45) is 52.3 Å². The molecule has 4 fully saturated rings. The molecule has 0 spiro atoms. The number of fused-ring (bicyclic) bond motifs is 5. The number of aliphatic hydroxyl groups excluding tert-OH is 2. The highest BCUT2D eigenvalue weighted by Crippen LogP contribution is 2.68. The molecule has 4 rings (SSSR count). The van der Waals surface area contributed by atoms with Gasteiger partial charge < -0.3 is 10.2 Å². The van der Waals surface area contributed by atoms with E-state index >= 15 is 0 Å². The van der Waals surface area contributed by atoms with Crippen molar-refractivity contribution < 1.29 is 15.0 Å². The Morgan fingerprint density at radius 3 is 2.40 bits per heavy atom. The van der Waals surface area contributed by atoms with E-state index in [4.69, 9.17) is 0 Å². The Hall–Kier alpha value is -0.410. The molecule has 4 unspecified atom stereocenters. The van der Waals surface area contributed by atoms with Crippen LogP contribution in [0.3, 0.4) is 0 Å². The Balaban J connectivity index is 1.51. The van der Waals surface area contributed by atoms with Crippen LogP contribution in [0.15, 0.2) is 0 Å². The maximum absolute atomic E-state index is 12.1. The fourth-order valence-corrected chi connectivity index (χ4v) is 8.96. The Labute approximate surface area is 184 Å². The van der Waals surface area contributed by atoms with Gasteiger partial charge in [-0.1, -0.05) is 34.6 Å². The first-order chi connectivity index (χ1) is 14.1. The highest BCUT2D eigenvalue weighted by Gasteiger charge is 2.62. The highest BCUT2D eigenvalue weighted by atomic mass is 16.3. The Bertz CT molecular complexity index is 644. The van der Waals surface area contributed by atoms with E-state index in [1.165, 1.54) is 25.7 Å². The zero-order chi connectivity index (χ0) is 21.8. The summed E-state index contributed by atoms with van der Waals surface area (Å²) in [7, 11) is 0. The second-order valence-electron chi connectivity index (χ2n) is 12.6. The largest absolute Gasteiger partial charge is 0.393 e. The van der Waals surface area contributed by atoms with Crippen molar-refractivity contribution in [3.05, 3.63) is 0 Å². The first kappa shape index (κ1) is 22.8. The molecule has 30 heavy (non-hydrogen) atoms. The van der Waals surface area contributed by atoms with Gasteiger partial charge in [0.15, 0.2) is 0 Å². The molecule has 0 aliphatic heterocycles. The fourth-order valence-electron chi connectivity index (χ4n) is 8.96. The summed E-state index contributed by atoms with van der Waals surface area (Å²) in [6.45, 7) is 11.6. The number of hydrogen-bond donors (Lipinski definition) is 2. The summed E-state index contributed by atoms with van der Waals surface area (Å²) < 4.78 is 0. The highest BCUT2D eigenvalue weighted by molar-refractivity contribution is 5.79. The van der Waals surface area contributed by atoms with Gasteiger partial charge in [0.1, 0.15) is 5.78 Å². The van der Waals surface area contributed by atoms with E-state index in [-0.39, 0.29) is 17.6 Å². The monoisotopic (exact) mass is 418 g/mol. The number of carbonyl (C=O) groups excluding carboxylic acids is 1. The summed E-state index contributed by atoms with van der Waals surface area (Å²) in [4.78, 5) is 12.1. The molecular weight excluding hydrogens is 372 g/mol. The number of carbonyl (C=O) groups is 1. The van der Waals surface area contributed by atoms with Crippen LogP contribution in [-0.4, -0.2) is 28.2 Å². The van der Waals surface area contributed by atoms with E-state index in [0.29, 0.717) is 59.0 Å². The second kappa shape index (κ2) is 8.18. The van der Waals surface area contributed by atoms with Gasteiger partial charge >= 0.3 is 0 Å². The lowest BCUT2D eigenvalue weighted by molar-refractivity contribution is -0.169. The minimum absolute atomic E-state index is 0.181. The molecule has 172 valence electrons. The van der Waals surface area contributed by atoms with E-state index in [1.54, 1.807) is 0 Å². The molecular formula is C27H46O3. The van der Waals surface area contributed by atoms with E-state index in [0.717, 1.165) is 32.1 Å². The number of hydrogen-bond acceptors (Lipinski definition) is 3. The number of Topliss-reactive ketones (excluding diaryl/α,β-unsaturated/α-hetero) is 1. The molecule has 3 nitrogen and oxygen atoms in total. The van der Waals surface area contributed by atoms with E-state index in [2.05, 4.69) is 34.6 Å². The summed E-state index contributed by atoms with van der Waals surface area (Å²) in [5.41, 5.74) is 0.586. The molecule has 0 saturated heterocycles. The lowest BCUT2D eigenvalue weighted by Crippen LogP contribution is -2.58.